The zero-order valence-corrected chi connectivity index (χ0v) is 10.7. The summed E-state index contributed by atoms with van der Waals surface area (Å²) in [7, 11) is 0. The lowest BCUT2D eigenvalue weighted by Gasteiger charge is -2.30. The Morgan fingerprint density at radius 1 is 1.18 bits per heavy atom. The number of phenolic OH excluding ortho intramolecular Hbond substituents is 1. The third-order valence-corrected chi connectivity index (χ3v) is 3.81. The van der Waals surface area contributed by atoms with Crippen LogP contribution in [0.15, 0.2) is 24.3 Å². The Morgan fingerprint density at radius 2 is 1.88 bits per heavy atom. The highest BCUT2D eigenvalue weighted by Gasteiger charge is 2.18. The number of rotatable bonds is 4. The molecule has 0 heterocycles. The first kappa shape index (κ1) is 12.3. The minimum Gasteiger partial charge on any atom is -0.506 e. The van der Waals surface area contributed by atoms with Crippen molar-refractivity contribution in [2.24, 2.45) is 5.92 Å². The van der Waals surface area contributed by atoms with Gasteiger partial charge in [-0.1, -0.05) is 31.4 Å². The van der Waals surface area contributed by atoms with E-state index in [0.29, 0.717) is 5.75 Å². The molecule has 2 nitrogen and oxygen atoms in total. The lowest BCUT2D eigenvalue weighted by atomic mass is 9.89. The Kier molecular flexibility index (Phi) is 4.29. The van der Waals surface area contributed by atoms with E-state index in [1.807, 2.05) is 18.2 Å². The van der Waals surface area contributed by atoms with Gasteiger partial charge < -0.3 is 10.0 Å². The number of hydrogen-bond acceptors (Lipinski definition) is 2. The summed E-state index contributed by atoms with van der Waals surface area (Å²) in [5.74, 6) is 1.22. The zero-order chi connectivity index (χ0) is 12.1. The van der Waals surface area contributed by atoms with Crippen molar-refractivity contribution in [2.75, 3.05) is 18.0 Å². The summed E-state index contributed by atoms with van der Waals surface area (Å²) in [6.07, 6.45) is 6.86. The molecule has 1 aliphatic rings. The largest absolute Gasteiger partial charge is 0.506 e. The zero-order valence-electron chi connectivity index (χ0n) is 10.7. The second kappa shape index (κ2) is 5.95. The van der Waals surface area contributed by atoms with E-state index in [-0.39, 0.29) is 0 Å². The minimum atomic E-state index is 0.408. The average Bonchev–Trinajstić information content (AvgIpc) is 2.38. The normalized spacial score (nSPS) is 17.0. The van der Waals surface area contributed by atoms with E-state index in [2.05, 4.69) is 11.8 Å². The van der Waals surface area contributed by atoms with Crippen LogP contribution in [0.1, 0.15) is 39.0 Å². The van der Waals surface area contributed by atoms with Crippen molar-refractivity contribution in [3.05, 3.63) is 24.3 Å². The summed E-state index contributed by atoms with van der Waals surface area (Å²) >= 11 is 0. The molecule has 0 saturated heterocycles. The minimum absolute atomic E-state index is 0.408. The monoisotopic (exact) mass is 233 g/mol. The molecule has 1 aromatic carbocycles. The van der Waals surface area contributed by atoms with Gasteiger partial charge in [0.2, 0.25) is 0 Å². The highest BCUT2D eigenvalue weighted by molar-refractivity contribution is 5.57. The maximum atomic E-state index is 9.90. The quantitative estimate of drug-likeness (QED) is 0.855. The first-order valence-corrected chi connectivity index (χ1v) is 6.84. The molecule has 17 heavy (non-hydrogen) atoms. The molecule has 0 amide bonds. The molecule has 0 aromatic heterocycles. The van der Waals surface area contributed by atoms with Crippen LogP contribution in [0.5, 0.6) is 5.75 Å². The van der Waals surface area contributed by atoms with Crippen LogP contribution in [0.3, 0.4) is 0 Å². The van der Waals surface area contributed by atoms with Gasteiger partial charge in [-0.15, -0.1) is 0 Å². The predicted octanol–water partition coefficient (Wildman–Crippen LogP) is 3.80. The van der Waals surface area contributed by atoms with Crippen molar-refractivity contribution in [1.82, 2.24) is 0 Å². The Labute approximate surface area is 104 Å². The molecule has 1 saturated carbocycles. The van der Waals surface area contributed by atoms with Gasteiger partial charge in [0.05, 0.1) is 5.69 Å². The first-order chi connectivity index (χ1) is 8.31. The standard InChI is InChI=1S/C15H23NO/c1-2-16(12-13-8-4-3-5-9-13)14-10-6-7-11-15(14)17/h6-7,10-11,13,17H,2-5,8-9,12H2,1H3. The summed E-state index contributed by atoms with van der Waals surface area (Å²) in [6.45, 7) is 4.22. The van der Waals surface area contributed by atoms with Crippen LogP contribution in [0.25, 0.3) is 0 Å². The smallest absolute Gasteiger partial charge is 0.138 e. The van der Waals surface area contributed by atoms with E-state index in [9.17, 15) is 5.11 Å². The third-order valence-electron chi connectivity index (χ3n) is 3.81. The van der Waals surface area contributed by atoms with Crippen molar-refractivity contribution in [2.45, 2.75) is 39.0 Å². The maximum absolute atomic E-state index is 9.90. The van der Waals surface area contributed by atoms with E-state index < -0.39 is 0 Å². The topological polar surface area (TPSA) is 23.5 Å². The Balaban J connectivity index is 2.03. The molecule has 1 aliphatic carbocycles. The second-order valence-electron chi connectivity index (χ2n) is 5.03. The van der Waals surface area contributed by atoms with Crippen LogP contribution < -0.4 is 4.90 Å². The molecule has 0 bridgehead atoms. The van der Waals surface area contributed by atoms with Gasteiger partial charge in [-0.2, -0.15) is 0 Å². The van der Waals surface area contributed by atoms with Gasteiger partial charge >= 0.3 is 0 Å². The van der Waals surface area contributed by atoms with Crippen molar-refractivity contribution < 1.29 is 5.11 Å². The molecule has 1 N–H and O–H groups in total. The molecule has 0 radical (unpaired) electrons. The summed E-state index contributed by atoms with van der Waals surface area (Å²) in [5, 5.41) is 9.90. The van der Waals surface area contributed by atoms with Crippen molar-refractivity contribution in [3.8, 4) is 5.75 Å². The van der Waals surface area contributed by atoms with Gasteiger partial charge in [0, 0.05) is 13.1 Å². The summed E-state index contributed by atoms with van der Waals surface area (Å²) in [4.78, 5) is 2.31. The molecular formula is C15H23NO. The fourth-order valence-electron chi connectivity index (χ4n) is 2.81. The number of phenols is 1. The number of anilines is 1. The maximum Gasteiger partial charge on any atom is 0.138 e. The van der Waals surface area contributed by atoms with Crippen LogP contribution in [0.4, 0.5) is 5.69 Å². The molecule has 0 spiro atoms. The molecule has 1 aromatic rings. The number of nitrogens with zero attached hydrogens (tertiary/aromatic N) is 1. The molecule has 0 atom stereocenters. The average molecular weight is 233 g/mol. The Morgan fingerprint density at radius 3 is 2.53 bits per heavy atom. The Bertz CT molecular complexity index is 345. The molecule has 2 heteroatoms. The molecule has 0 unspecified atom stereocenters. The number of hydrogen-bond donors (Lipinski definition) is 1. The van der Waals surface area contributed by atoms with E-state index in [4.69, 9.17) is 0 Å². The van der Waals surface area contributed by atoms with Gasteiger partial charge in [-0.25, -0.2) is 0 Å². The third kappa shape index (κ3) is 3.15. The van der Waals surface area contributed by atoms with Crippen LogP contribution in [-0.2, 0) is 0 Å². The van der Waals surface area contributed by atoms with Crippen molar-refractivity contribution in [3.63, 3.8) is 0 Å². The van der Waals surface area contributed by atoms with Crippen molar-refractivity contribution >= 4 is 5.69 Å². The van der Waals surface area contributed by atoms with Gasteiger partial charge in [-0.05, 0) is 37.8 Å². The Hall–Kier alpha value is -1.18. The van der Waals surface area contributed by atoms with E-state index in [1.54, 1.807) is 6.07 Å². The van der Waals surface area contributed by atoms with E-state index in [1.165, 1.54) is 32.1 Å². The molecule has 94 valence electrons. The molecule has 1 fully saturated rings. The first-order valence-electron chi connectivity index (χ1n) is 6.84. The van der Waals surface area contributed by atoms with Crippen LogP contribution in [0.2, 0.25) is 0 Å². The highest BCUT2D eigenvalue weighted by Crippen LogP contribution is 2.30. The van der Waals surface area contributed by atoms with Gasteiger partial charge in [0.15, 0.2) is 0 Å². The number of benzene rings is 1. The number of para-hydroxylation sites is 2. The molecular weight excluding hydrogens is 210 g/mol. The summed E-state index contributed by atoms with van der Waals surface area (Å²) in [6, 6.07) is 7.67. The predicted molar refractivity (Wildman–Crippen MR) is 72.6 cm³/mol. The van der Waals surface area contributed by atoms with Gasteiger partial charge in [0.25, 0.3) is 0 Å². The van der Waals surface area contributed by atoms with Gasteiger partial charge in [0.1, 0.15) is 5.75 Å². The lowest BCUT2D eigenvalue weighted by molar-refractivity contribution is 0.358. The van der Waals surface area contributed by atoms with Gasteiger partial charge in [-0.3, -0.25) is 0 Å². The fourth-order valence-corrected chi connectivity index (χ4v) is 2.81. The van der Waals surface area contributed by atoms with Crippen LogP contribution >= 0.6 is 0 Å². The van der Waals surface area contributed by atoms with Crippen molar-refractivity contribution in [1.29, 1.82) is 0 Å². The highest BCUT2D eigenvalue weighted by atomic mass is 16.3. The van der Waals surface area contributed by atoms with E-state index >= 15 is 0 Å². The number of aromatic hydroxyl groups is 1. The van der Waals surface area contributed by atoms with Crippen LogP contribution in [0, 0.1) is 5.92 Å². The lowest BCUT2D eigenvalue weighted by Crippen LogP contribution is -2.30. The molecule has 0 aliphatic heterocycles. The van der Waals surface area contributed by atoms with Crippen LogP contribution in [-0.4, -0.2) is 18.2 Å². The fraction of sp³-hybridized carbons (Fsp3) is 0.600. The SMILES string of the molecule is CCN(CC1CCCCC1)c1ccccc1O. The summed E-state index contributed by atoms with van der Waals surface area (Å²) in [5.41, 5.74) is 0.987. The van der Waals surface area contributed by atoms with E-state index in [0.717, 1.165) is 24.7 Å². The molecule has 2 rings (SSSR count). The summed E-state index contributed by atoms with van der Waals surface area (Å²) < 4.78 is 0. The second-order valence-corrected chi connectivity index (χ2v) is 5.03.